The zero-order valence-corrected chi connectivity index (χ0v) is 12.4. The van der Waals surface area contributed by atoms with Crippen LogP contribution in [0.5, 0.6) is 5.75 Å². The van der Waals surface area contributed by atoms with E-state index in [4.69, 9.17) is 16.3 Å². The summed E-state index contributed by atoms with van der Waals surface area (Å²) in [6.07, 6.45) is 0.0184. The number of hydrogen-bond donors (Lipinski definition) is 1. The minimum absolute atomic E-state index is 0.0184. The molecule has 0 saturated heterocycles. The molecule has 104 valence electrons. The largest absolute Gasteiger partial charge is 0.481 e. The quantitative estimate of drug-likeness (QED) is 0.847. The van der Waals surface area contributed by atoms with Crippen molar-refractivity contribution in [2.75, 3.05) is 5.32 Å². The highest BCUT2D eigenvalue weighted by Gasteiger charge is 2.32. The molecule has 0 amide bonds. The lowest BCUT2D eigenvalue weighted by atomic mass is 9.91. The summed E-state index contributed by atoms with van der Waals surface area (Å²) in [4.78, 5) is 0. The van der Waals surface area contributed by atoms with Crippen LogP contribution in [0.25, 0.3) is 0 Å². The van der Waals surface area contributed by atoms with Crippen LogP contribution < -0.4 is 10.1 Å². The van der Waals surface area contributed by atoms with E-state index in [1.807, 2.05) is 36.4 Å². The molecule has 1 aliphatic rings. The van der Waals surface area contributed by atoms with Crippen molar-refractivity contribution in [1.29, 1.82) is 0 Å². The van der Waals surface area contributed by atoms with Crippen molar-refractivity contribution in [2.45, 2.75) is 26.0 Å². The molecule has 3 rings (SSSR count). The third kappa shape index (κ3) is 2.48. The van der Waals surface area contributed by atoms with Crippen molar-refractivity contribution < 1.29 is 4.74 Å². The highest BCUT2D eigenvalue weighted by Crippen LogP contribution is 2.40. The molecular formula is C17H18ClNO. The maximum Gasteiger partial charge on any atom is 0.144 e. The summed E-state index contributed by atoms with van der Waals surface area (Å²) in [5.41, 5.74) is 2.17. The molecule has 2 nitrogen and oxygen atoms in total. The average Bonchev–Trinajstić information content (AvgIpc) is 2.46. The van der Waals surface area contributed by atoms with Gasteiger partial charge in [-0.25, -0.2) is 0 Å². The molecular weight excluding hydrogens is 270 g/mol. The Hall–Kier alpha value is -1.67. The Balaban J connectivity index is 1.99. The van der Waals surface area contributed by atoms with Crippen LogP contribution in [0.15, 0.2) is 48.5 Å². The number of nitrogens with one attached hydrogen (secondary N) is 1. The SMILES string of the molecule is CC(C)C1Nc2cc(Cl)ccc2OC1c1ccccc1. The number of hydrogen-bond acceptors (Lipinski definition) is 2. The molecule has 2 unspecified atom stereocenters. The number of halogens is 1. The average molecular weight is 288 g/mol. The highest BCUT2D eigenvalue weighted by atomic mass is 35.5. The molecule has 0 saturated carbocycles. The van der Waals surface area contributed by atoms with E-state index in [0.717, 1.165) is 16.5 Å². The molecule has 0 spiro atoms. The van der Waals surface area contributed by atoms with Crippen molar-refractivity contribution in [3.8, 4) is 5.75 Å². The first-order valence-corrected chi connectivity index (χ1v) is 7.30. The van der Waals surface area contributed by atoms with E-state index in [-0.39, 0.29) is 12.1 Å². The second-order valence-corrected chi connectivity index (χ2v) is 5.94. The van der Waals surface area contributed by atoms with Gasteiger partial charge in [-0.3, -0.25) is 0 Å². The summed E-state index contributed by atoms with van der Waals surface area (Å²) in [7, 11) is 0. The fraction of sp³-hybridized carbons (Fsp3) is 0.294. The normalized spacial score (nSPS) is 21.0. The summed E-state index contributed by atoms with van der Waals surface area (Å²) >= 11 is 6.06. The summed E-state index contributed by atoms with van der Waals surface area (Å²) in [5.74, 6) is 1.31. The van der Waals surface area contributed by atoms with E-state index >= 15 is 0 Å². The summed E-state index contributed by atoms with van der Waals surface area (Å²) in [5, 5.41) is 4.30. The van der Waals surface area contributed by atoms with Gasteiger partial charge in [0.1, 0.15) is 11.9 Å². The molecule has 0 fully saturated rings. The van der Waals surface area contributed by atoms with Gasteiger partial charge >= 0.3 is 0 Å². The third-order valence-corrected chi connectivity index (χ3v) is 3.93. The highest BCUT2D eigenvalue weighted by molar-refractivity contribution is 6.30. The Morgan fingerprint density at radius 2 is 1.85 bits per heavy atom. The van der Waals surface area contributed by atoms with Crippen molar-refractivity contribution in [3.63, 3.8) is 0 Å². The number of anilines is 1. The number of rotatable bonds is 2. The Morgan fingerprint density at radius 3 is 2.55 bits per heavy atom. The number of ether oxygens (including phenoxy) is 1. The lowest BCUT2D eigenvalue weighted by molar-refractivity contribution is 0.149. The first-order valence-electron chi connectivity index (χ1n) is 6.93. The maximum atomic E-state index is 6.23. The van der Waals surface area contributed by atoms with Gasteiger partial charge in [0.2, 0.25) is 0 Å². The van der Waals surface area contributed by atoms with Crippen LogP contribution >= 0.6 is 11.6 Å². The molecule has 2 aromatic rings. The molecule has 3 heteroatoms. The standard InChI is InChI=1S/C17H18ClNO/c1-11(2)16-17(12-6-4-3-5-7-12)20-15-9-8-13(18)10-14(15)19-16/h3-11,16-17,19H,1-2H3. The van der Waals surface area contributed by atoms with E-state index in [0.29, 0.717) is 5.92 Å². The maximum absolute atomic E-state index is 6.23. The summed E-state index contributed by atoms with van der Waals surface area (Å²) < 4.78 is 6.23. The zero-order valence-electron chi connectivity index (χ0n) is 11.6. The van der Waals surface area contributed by atoms with Crippen LogP contribution in [0.2, 0.25) is 5.02 Å². The van der Waals surface area contributed by atoms with E-state index < -0.39 is 0 Å². The Morgan fingerprint density at radius 1 is 1.10 bits per heavy atom. The fourth-order valence-electron chi connectivity index (χ4n) is 2.62. The molecule has 0 aliphatic carbocycles. The van der Waals surface area contributed by atoms with Gasteiger partial charge in [0.15, 0.2) is 0 Å². The Kier molecular flexibility index (Phi) is 3.58. The second kappa shape index (κ2) is 5.37. The van der Waals surface area contributed by atoms with Crippen LogP contribution in [0.4, 0.5) is 5.69 Å². The van der Waals surface area contributed by atoms with Crippen molar-refractivity contribution in [3.05, 3.63) is 59.1 Å². The molecule has 0 bridgehead atoms. The van der Waals surface area contributed by atoms with E-state index in [2.05, 4.69) is 31.3 Å². The lowest BCUT2D eigenvalue weighted by Gasteiger charge is -2.37. The smallest absolute Gasteiger partial charge is 0.144 e. The third-order valence-electron chi connectivity index (χ3n) is 3.69. The Labute approximate surface area is 124 Å². The van der Waals surface area contributed by atoms with Crippen molar-refractivity contribution >= 4 is 17.3 Å². The fourth-order valence-corrected chi connectivity index (χ4v) is 2.79. The van der Waals surface area contributed by atoms with Gasteiger partial charge in [-0.1, -0.05) is 55.8 Å². The number of benzene rings is 2. The van der Waals surface area contributed by atoms with Gasteiger partial charge in [-0.05, 0) is 29.7 Å². The predicted octanol–water partition coefficient (Wildman–Crippen LogP) is 4.91. The first kappa shape index (κ1) is 13.3. The van der Waals surface area contributed by atoms with Crippen LogP contribution in [-0.4, -0.2) is 6.04 Å². The molecule has 2 aromatic carbocycles. The van der Waals surface area contributed by atoms with Crippen molar-refractivity contribution in [2.24, 2.45) is 5.92 Å². The second-order valence-electron chi connectivity index (χ2n) is 5.50. The number of fused-ring (bicyclic) bond motifs is 1. The molecule has 1 N–H and O–H groups in total. The van der Waals surface area contributed by atoms with Crippen LogP contribution in [-0.2, 0) is 0 Å². The van der Waals surface area contributed by atoms with Gasteiger partial charge < -0.3 is 10.1 Å². The van der Waals surface area contributed by atoms with E-state index in [1.54, 1.807) is 0 Å². The zero-order chi connectivity index (χ0) is 14.1. The van der Waals surface area contributed by atoms with Crippen LogP contribution in [0.1, 0.15) is 25.5 Å². The molecule has 20 heavy (non-hydrogen) atoms. The lowest BCUT2D eigenvalue weighted by Crippen LogP contribution is -2.38. The van der Waals surface area contributed by atoms with Crippen LogP contribution in [0.3, 0.4) is 0 Å². The van der Waals surface area contributed by atoms with E-state index in [1.165, 1.54) is 5.56 Å². The van der Waals surface area contributed by atoms with Gasteiger partial charge in [0.05, 0.1) is 11.7 Å². The summed E-state index contributed by atoms with van der Waals surface area (Å²) in [6.45, 7) is 4.40. The topological polar surface area (TPSA) is 21.3 Å². The van der Waals surface area contributed by atoms with E-state index in [9.17, 15) is 0 Å². The molecule has 1 heterocycles. The molecule has 0 aromatic heterocycles. The first-order chi connectivity index (χ1) is 9.65. The van der Waals surface area contributed by atoms with Crippen LogP contribution in [0, 0.1) is 5.92 Å². The van der Waals surface area contributed by atoms with Gasteiger partial charge in [-0.15, -0.1) is 0 Å². The minimum Gasteiger partial charge on any atom is -0.481 e. The van der Waals surface area contributed by atoms with Crippen molar-refractivity contribution in [1.82, 2.24) is 0 Å². The predicted molar refractivity (Wildman–Crippen MR) is 83.5 cm³/mol. The molecule has 0 radical (unpaired) electrons. The van der Waals surface area contributed by atoms with Gasteiger partial charge in [0.25, 0.3) is 0 Å². The Bertz CT molecular complexity index is 597. The molecule has 1 aliphatic heterocycles. The minimum atomic E-state index is 0.0184. The van der Waals surface area contributed by atoms with Gasteiger partial charge in [-0.2, -0.15) is 0 Å². The van der Waals surface area contributed by atoms with Gasteiger partial charge in [0, 0.05) is 5.02 Å². The molecule has 2 atom stereocenters. The monoisotopic (exact) mass is 287 g/mol. The summed E-state index contributed by atoms with van der Waals surface area (Å²) in [6, 6.07) is 16.3.